The summed E-state index contributed by atoms with van der Waals surface area (Å²) in [5.74, 6) is -0.197. The molecule has 2 aromatic rings. The Morgan fingerprint density at radius 1 is 1.05 bits per heavy atom. The maximum Gasteiger partial charge on any atom is 0.257 e. The zero-order valence-corrected chi connectivity index (χ0v) is 13.0. The molecule has 0 radical (unpaired) electrons. The van der Waals surface area contributed by atoms with Crippen LogP contribution in [0.4, 0.5) is 0 Å². The SMILES string of the molecule is Cc1ccc(C(=O)NC(=S)NCc2cccc(C)c2)cc1. The summed E-state index contributed by atoms with van der Waals surface area (Å²) >= 11 is 5.14. The minimum absolute atomic E-state index is 0.197. The first kappa shape index (κ1) is 15.2. The van der Waals surface area contributed by atoms with Crippen LogP contribution in [0.3, 0.4) is 0 Å². The monoisotopic (exact) mass is 298 g/mol. The maximum absolute atomic E-state index is 12.0. The molecule has 0 heterocycles. The van der Waals surface area contributed by atoms with E-state index in [2.05, 4.69) is 16.7 Å². The highest BCUT2D eigenvalue weighted by molar-refractivity contribution is 7.80. The highest BCUT2D eigenvalue weighted by atomic mass is 32.1. The minimum atomic E-state index is -0.197. The average Bonchev–Trinajstić information content (AvgIpc) is 2.46. The largest absolute Gasteiger partial charge is 0.358 e. The van der Waals surface area contributed by atoms with E-state index in [-0.39, 0.29) is 5.91 Å². The average molecular weight is 298 g/mol. The first-order valence-corrected chi connectivity index (χ1v) is 7.17. The summed E-state index contributed by atoms with van der Waals surface area (Å²) in [6.07, 6.45) is 0. The van der Waals surface area contributed by atoms with Gasteiger partial charge in [0.05, 0.1) is 0 Å². The van der Waals surface area contributed by atoms with E-state index in [1.54, 1.807) is 12.1 Å². The molecule has 0 aliphatic heterocycles. The van der Waals surface area contributed by atoms with E-state index in [9.17, 15) is 4.79 Å². The molecule has 0 atom stereocenters. The third-order valence-electron chi connectivity index (χ3n) is 3.08. The van der Waals surface area contributed by atoms with Crippen LogP contribution in [0.1, 0.15) is 27.0 Å². The molecule has 2 N–H and O–H groups in total. The third-order valence-corrected chi connectivity index (χ3v) is 3.32. The fourth-order valence-corrected chi connectivity index (χ4v) is 2.09. The lowest BCUT2D eigenvalue weighted by atomic mass is 10.1. The number of amides is 1. The van der Waals surface area contributed by atoms with Crippen LogP contribution in [0.15, 0.2) is 48.5 Å². The lowest BCUT2D eigenvalue weighted by molar-refractivity contribution is 0.0976. The van der Waals surface area contributed by atoms with Crippen molar-refractivity contribution in [3.05, 3.63) is 70.8 Å². The Kier molecular flexibility index (Phi) is 5.06. The summed E-state index contributed by atoms with van der Waals surface area (Å²) in [7, 11) is 0. The highest BCUT2D eigenvalue weighted by Gasteiger charge is 2.07. The molecular weight excluding hydrogens is 280 g/mol. The van der Waals surface area contributed by atoms with Crippen LogP contribution in [-0.2, 0) is 6.54 Å². The molecule has 0 saturated carbocycles. The molecule has 0 unspecified atom stereocenters. The number of thiocarbonyl (C=S) groups is 1. The molecule has 0 saturated heterocycles. The van der Waals surface area contributed by atoms with Crippen LogP contribution < -0.4 is 10.6 Å². The van der Waals surface area contributed by atoms with Crippen molar-refractivity contribution in [2.24, 2.45) is 0 Å². The number of aryl methyl sites for hydroxylation is 2. The highest BCUT2D eigenvalue weighted by Crippen LogP contribution is 2.04. The Morgan fingerprint density at radius 2 is 1.76 bits per heavy atom. The zero-order valence-electron chi connectivity index (χ0n) is 12.1. The summed E-state index contributed by atoms with van der Waals surface area (Å²) < 4.78 is 0. The number of hydrogen-bond acceptors (Lipinski definition) is 2. The molecule has 0 spiro atoms. The van der Waals surface area contributed by atoms with Gasteiger partial charge < -0.3 is 5.32 Å². The number of carbonyl (C=O) groups excluding carboxylic acids is 1. The fraction of sp³-hybridized carbons (Fsp3) is 0.176. The van der Waals surface area contributed by atoms with E-state index < -0.39 is 0 Å². The van der Waals surface area contributed by atoms with Gasteiger partial charge in [0.25, 0.3) is 5.91 Å². The zero-order chi connectivity index (χ0) is 15.2. The Bertz CT molecular complexity index is 650. The summed E-state index contributed by atoms with van der Waals surface area (Å²) in [5.41, 5.74) is 4.04. The second kappa shape index (κ2) is 6.99. The molecule has 108 valence electrons. The Balaban J connectivity index is 1.87. The van der Waals surface area contributed by atoms with E-state index in [1.165, 1.54) is 5.56 Å². The second-order valence-electron chi connectivity index (χ2n) is 4.99. The summed E-state index contributed by atoms with van der Waals surface area (Å²) in [6.45, 7) is 4.62. The molecule has 2 aromatic carbocycles. The summed E-state index contributed by atoms with van der Waals surface area (Å²) in [6, 6.07) is 15.5. The molecule has 0 bridgehead atoms. The first-order chi connectivity index (χ1) is 10.0. The van der Waals surface area contributed by atoms with Crippen molar-refractivity contribution in [1.82, 2.24) is 10.6 Å². The first-order valence-electron chi connectivity index (χ1n) is 6.76. The van der Waals surface area contributed by atoms with Crippen molar-refractivity contribution in [3.8, 4) is 0 Å². The summed E-state index contributed by atoms with van der Waals surface area (Å²) in [4.78, 5) is 12.0. The molecule has 1 amide bonds. The predicted octanol–water partition coefficient (Wildman–Crippen LogP) is 3.11. The molecule has 21 heavy (non-hydrogen) atoms. The number of hydrogen-bond donors (Lipinski definition) is 2. The van der Waals surface area contributed by atoms with Gasteiger partial charge in [0.15, 0.2) is 5.11 Å². The van der Waals surface area contributed by atoms with Crippen molar-refractivity contribution in [2.75, 3.05) is 0 Å². The fourth-order valence-electron chi connectivity index (χ4n) is 1.93. The van der Waals surface area contributed by atoms with E-state index in [0.717, 1.165) is 11.1 Å². The normalized spacial score (nSPS) is 10.0. The van der Waals surface area contributed by atoms with Crippen LogP contribution in [0.5, 0.6) is 0 Å². The topological polar surface area (TPSA) is 41.1 Å². The van der Waals surface area contributed by atoms with Gasteiger partial charge in [-0.2, -0.15) is 0 Å². The van der Waals surface area contributed by atoms with Crippen molar-refractivity contribution in [2.45, 2.75) is 20.4 Å². The molecule has 3 nitrogen and oxygen atoms in total. The molecular formula is C17H18N2OS. The third kappa shape index (κ3) is 4.68. The lowest BCUT2D eigenvalue weighted by Gasteiger charge is -2.10. The molecule has 2 rings (SSSR count). The van der Waals surface area contributed by atoms with Crippen molar-refractivity contribution >= 4 is 23.2 Å². The molecule has 0 fully saturated rings. The van der Waals surface area contributed by atoms with Crippen LogP contribution in [0, 0.1) is 13.8 Å². The van der Waals surface area contributed by atoms with E-state index >= 15 is 0 Å². The van der Waals surface area contributed by atoms with Gasteiger partial charge >= 0.3 is 0 Å². The summed E-state index contributed by atoms with van der Waals surface area (Å²) in [5, 5.41) is 6.05. The number of benzene rings is 2. The van der Waals surface area contributed by atoms with Crippen molar-refractivity contribution in [1.29, 1.82) is 0 Å². The van der Waals surface area contributed by atoms with Crippen LogP contribution in [0.25, 0.3) is 0 Å². The molecule has 0 aliphatic rings. The number of rotatable bonds is 3. The van der Waals surface area contributed by atoms with Crippen LogP contribution in [-0.4, -0.2) is 11.0 Å². The molecule has 4 heteroatoms. The second-order valence-corrected chi connectivity index (χ2v) is 5.40. The smallest absolute Gasteiger partial charge is 0.257 e. The Hall–Kier alpha value is -2.20. The van der Waals surface area contributed by atoms with E-state index in [4.69, 9.17) is 12.2 Å². The van der Waals surface area contributed by atoms with E-state index in [1.807, 2.05) is 44.2 Å². The standard InChI is InChI=1S/C17H18N2OS/c1-12-6-8-15(9-7-12)16(20)19-17(21)18-11-14-5-3-4-13(2)10-14/h3-10H,11H2,1-2H3,(H2,18,19,20,21). The van der Waals surface area contributed by atoms with Crippen LogP contribution in [0.2, 0.25) is 0 Å². The maximum atomic E-state index is 12.0. The van der Waals surface area contributed by atoms with Gasteiger partial charge in [-0.1, -0.05) is 47.5 Å². The Labute approximate surface area is 130 Å². The lowest BCUT2D eigenvalue weighted by Crippen LogP contribution is -2.38. The minimum Gasteiger partial charge on any atom is -0.358 e. The predicted molar refractivity (Wildman–Crippen MR) is 89.3 cm³/mol. The Morgan fingerprint density at radius 3 is 2.43 bits per heavy atom. The van der Waals surface area contributed by atoms with Crippen LogP contribution >= 0.6 is 12.2 Å². The van der Waals surface area contributed by atoms with Gasteiger partial charge in [0.1, 0.15) is 0 Å². The number of nitrogens with one attached hydrogen (secondary N) is 2. The van der Waals surface area contributed by atoms with Crippen molar-refractivity contribution in [3.63, 3.8) is 0 Å². The van der Waals surface area contributed by atoms with Gasteiger partial charge in [-0.25, -0.2) is 0 Å². The number of carbonyl (C=O) groups is 1. The quantitative estimate of drug-likeness (QED) is 0.856. The van der Waals surface area contributed by atoms with Crippen molar-refractivity contribution < 1.29 is 4.79 Å². The van der Waals surface area contributed by atoms with Gasteiger partial charge in [0, 0.05) is 12.1 Å². The van der Waals surface area contributed by atoms with Gasteiger partial charge in [-0.15, -0.1) is 0 Å². The van der Waals surface area contributed by atoms with E-state index in [0.29, 0.717) is 17.2 Å². The van der Waals surface area contributed by atoms with Gasteiger partial charge in [-0.3, -0.25) is 10.1 Å². The molecule has 0 aliphatic carbocycles. The van der Waals surface area contributed by atoms with Gasteiger partial charge in [0.2, 0.25) is 0 Å². The molecule has 0 aromatic heterocycles. The van der Waals surface area contributed by atoms with Gasteiger partial charge in [-0.05, 0) is 43.8 Å².